The van der Waals surface area contributed by atoms with E-state index >= 15 is 0 Å². The van der Waals surface area contributed by atoms with Crippen molar-refractivity contribution in [2.45, 2.75) is 44.9 Å². The summed E-state index contributed by atoms with van der Waals surface area (Å²) in [4.78, 5) is 24.3. The van der Waals surface area contributed by atoms with Crippen LogP contribution >= 0.6 is 11.6 Å². The molecule has 0 atom stereocenters. The van der Waals surface area contributed by atoms with Crippen molar-refractivity contribution in [1.82, 2.24) is 5.32 Å². The molecule has 0 spiro atoms. The molecule has 152 valence electrons. The van der Waals surface area contributed by atoms with E-state index < -0.39 is 5.97 Å². The molecule has 4 fully saturated rings. The van der Waals surface area contributed by atoms with E-state index in [1.807, 2.05) is 0 Å². The molecular weight excluding hydrogens is 378 g/mol. The molecule has 0 saturated heterocycles. The first-order valence-corrected chi connectivity index (χ1v) is 10.7. The Hall–Kier alpha value is -1.75. The van der Waals surface area contributed by atoms with Gasteiger partial charge in [0.2, 0.25) is 5.91 Å². The monoisotopic (exact) mass is 405 g/mol. The van der Waals surface area contributed by atoms with Gasteiger partial charge in [-0.25, -0.2) is 0 Å². The Morgan fingerprint density at radius 2 is 1.61 bits per heavy atom. The van der Waals surface area contributed by atoms with Crippen LogP contribution in [0.5, 0.6) is 5.75 Å². The first-order valence-electron chi connectivity index (χ1n) is 10.3. The van der Waals surface area contributed by atoms with Crippen LogP contribution in [-0.2, 0) is 14.3 Å². The zero-order valence-electron chi connectivity index (χ0n) is 16.1. The van der Waals surface area contributed by atoms with Crippen LogP contribution in [0, 0.1) is 23.2 Å². The minimum Gasteiger partial charge on any atom is -0.490 e. The predicted molar refractivity (Wildman–Crippen MR) is 106 cm³/mol. The van der Waals surface area contributed by atoms with Crippen molar-refractivity contribution in [1.29, 1.82) is 0 Å². The second-order valence-electron chi connectivity index (χ2n) is 8.89. The molecule has 28 heavy (non-hydrogen) atoms. The largest absolute Gasteiger partial charge is 0.490 e. The van der Waals surface area contributed by atoms with Crippen LogP contribution < -0.4 is 10.1 Å². The summed E-state index contributed by atoms with van der Waals surface area (Å²) in [5, 5.41) is 3.40. The van der Waals surface area contributed by atoms with Crippen molar-refractivity contribution in [2.75, 3.05) is 19.8 Å². The van der Waals surface area contributed by atoms with Crippen molar-refractivity contribution >= 4 is 23.5 Å². The molecular formula is C22H28ClNO4. The molecule has 0 radical (unpaired) electrons. The molecule has 0 heterocycles. The third-order valence-corrected chi connectivity index (χ3v) is 6.81. The van der Waals surface area contributed by atoms with E-state index in [1.54, 1.807) is 24.3 Å². The number of carbonyl (C=O) groups is 2. The molecule has 0 aliphatic heterocycles. The Bertz CT molecular complexity index is 682. The third-order valence-electron chi connectivity index (χ3n) is 6.56. The van der Waals surface area contributed by atoms with Gasteiger partial charge in [-0.1, -0.05) is 11.6 Å². The highest BCUT2D eigenvalue weighted by atomic mass is 35.5. The lowest BCUT2D eigenvalue weighted by molar-refractivity contribution is -0.145. The number of rotatable bonds is 8. The van der Waals surface area contributed by atoms with Gasteiger partial charge in [0.25, 0.3) is 0 Å². The van der Waals surface area contributed by atoms with Gasteiger partial charge in [-0.05, 0) is 86.0 Å². The van der Waals surface area contributed by atoms with E-state index in [0.717, 1.165) is 17.8 Å². The van der Waals surface area contributed by atoms with Gasteiger partial charge in [-0.2, -0.15) is 0 Å². The topological polar surface area (TPSA) is 64.6 Å². The van der Waals surface area contributed by atoms with E-state index in [4.69, 9.17) is 21.1 Å². The van der Waals surface area contributed by atoms with Gasteiger partial charge in [-0.3, -0.25) is 9.59 Å². The van der Waals surface area contributed by atoms with Crippen LogP contribution in [0.25, 0.3) is 0 Å². The maximum Gasteiger partial charge on any atom is 0.325 e. The highest BCUT2D eigenvalue weighted by molar-refractivity contribution is 6.30. The fourth-order valence-corrected chi connectivity index (χ4v) is 6.10. The van der Waals surface area contributed by atoms with Gasteiger partial charge in [0, 0.05) is 11.4 Å². The maximum atomic E-state index is 12.4. The van der Waals surface area contributed by atoms with E-state index in [1.165, 1.54) is 38.5 Å². The second-order valence-corrected chi connectivity index (χ2v) is 9.33. The summed E-state index contributed by atoms with van der Waals surface area (Å²) in [6.07, 6.45) is 8.24. The SMILES string of the molecule is O=C(CC12CC3CC(CC(C3)C1)C2)NCC(=O)OCCOc1ccc(Cl)cc1. The lowest BCUT2D eigenvalue weighted by atomic mass is 9.49. The average molecular weight is 406 g/mol. The molecule has 1 aromatic carbocycles. The summed E-state index contributed by atoms with van der Waals surface area (Å²) in [6, 6.07) is 6.99. The van der Waals surface area contributed by atoms with Crippen molar-refractivity contribution in [3.05, 3.63) is 29.3 Å². The number of ether oxygens (including phenoxy) is 2. The minimum atomic E-state index is -0.432. The van der Waals surface area contributed by atoms with Crippen molar-refractivity contribution in [3.8, 4) is 5.75 Å². The van der Waals surface area contributed by atoms with Crippen LogP contribution in [0.2, 0.25) is 5.02 Å². The van der Waals surface area contributed by atoms with Gasteiger partial charge < -0.3 is 14.8 Å². The zero-order chi connectivity index (χ0) is 19.6. The number of hydrogen-bond acceptors (Lipinski definition) is 4. The Labute approximate surface area is 171 Å². The molecule has 1 amide bonds. The van der Waals surface area contributed by atoms with Gasteiger partial charge >= 0.3 is 5.97 Å². The maximum absolute atomic E-state index is 12.4. The van der Waals surface area contributed by atoms with E-state index in [2.05, 4.69) is 5.32 Å². The molecule has 1 aromatic rings. The molecule has 4 aliphatic rings. The number of benzene rings is 1. The number of esters is 1. The summed E-state index contributed by atoms with van der Waals surface area (Å²) in [6.45, 7) is 0.326. The minimum absolute atomic E-state index is 0.0173. The van der Waals surface area contributed by atoms with Gasteiger partial charge in [0.1, 0.15) is 25.5 Å². The average Bonchev–Trinajstić information content (AvgIpc) is 2.63. The quantitative estimate of drug-likeness (QED) is 0.524. The van der Waals surface area contributed by atoms with Crippen LogP contribution in [0.1, 0.15) is 44.9 Å². The van der Waals surface area contributed by atoms with Gasteiger partial charge in [0.15, 0.2) is 0 Å². The molecule has 4 aliphatic carbocycles. The number of amides is 1. The number of hydrogen-bond donors (Lipinski definition) is 1. The lowest BCUT2D eigenvalue weighted by Gasteiger charge is -2.56. The molecule has 4 bridgehead atoms. The zero-order valence-corrected chi connectivity index (χ0v) is 16.9. The Morgan fingerprint density at radius 3 is 2.21 bits per heavy atom. The van der Waals surface area contributed by atoms with Crippen LogP contribution in [0.3, 0.4) is 0 Å². The van der Waals surface area contributed by atoms with Crippen LogP contribution in [-0.4, -0.2) is 31.6 Å². The fraction of sp³-hybridized carbons (Fsp3) is 0.636. The van der Waals surface area contributed by atoms with Crippen molar-refractivity contribution < 1.29 is 19.1 Å². The standard InChI is InChI=1S/C22H28ClNO4/c23-18-1-3-19(4-2-18)27-5-6-28-21(26)14-24-20(25)13-22-10-15-7-16(11-22)9-17(8-15)12-22/h1-4,15-17H,5-14H2,(H,24,25). The van der Waals surface area contributed by atoms with E-state index in [-0.39, 0.29) is 31.1 Å². The van der Waals surface area contributed by atoms with Gasteiger partial charge in [0.05, 0.1) is 0 Å². The Morgan fingerprint density at radius 1 is 1.00 bits per heavy atom. The predicted octanol–water partition coefficient (Wildman–Crippen LogP) is 3.98. The summed E-state index contributed by atoms with van der Waals surface area (Å²) in [5.74, 6) is 2.69. The molecule has 0 unspecified atom stereocenters. The second kappa shape index (κ2) is 8.32. The Kier molecular flexibility index (Phi) is 5.81. The molecule has 1 N–H and O–H groups in total. The highest BCUT2D eigenvalue weighted by Gasteiger charge is 2.51. The summed E-state index contributed by atoms with van der Waals surface area (Å²) >= 11 is 5.81. The molecule has 5 nitrogen and oxygen atoms in total. The highest BCUT2D eigenvalue weighted by Crippen LogP contribution is 2.61. The number of carbonyl (C=O) groups excluding carboxylic acids is 2. The van der Waals surface area contributed by atoms with Crippen LogP contribution in [0.4, 0.5) is 0 Å². The first kappa shape index (κ1) is 19.6. The summed E-state index contributed by atoms with van der Waals surface area (Å²) in [5.41, 5.74) is 0.190. The van der Waals surface area contributed by atoms with E-state index in [9.17, 15) is 9.59 Å². The third kappa shape index (κ3) is 4.80. The van der Waals surface area contributed by atoms with Gasteiger partial charge in [-0.15, -0.1) is 0 Å². The Balaban J connectivity index is 1.13. The first-order chi connectivity index (χ1) is 13.5. The normalized spacial score (nSPS) is 30.1. The molecule has 6 heteroatoms. The number of nitrogens with one attached hydrogen (secondary N) is 1. The fourth-order valence-electron chi connectivity index (χ4n) is 5.98. The van der Waals surface area contributed by atoms with Crippen molar-refractivity contribution in [2.24, 2.45) is 23.2 Å². The molecule has 0 aromatic heterocycles. The molecule has 5 rings (SSSR count). The van der Waals surface area contributed by atoms with Crippen molar-refractivity contribution in [3.63, 3.8) is 0 Å². The summed E-state index contributed by atoms with van der Waals surface area (Å²) in [7, 11) is 0. The smallest absolute Gasteiger partial charge is 0.325 e. The summed E-state index contributed by atoms with van der Waals surface area (Å²) < 4.78 is 10.6. The van der Waals surface area contributed by atoms with E-state index in [0.29, 0.717) is 17.2 Å². The number of halogens is 1. The lowest BCUT2D eigenvalue weighted by Crippen LogP contribution is -2.48. The molecule has 4 saturated carbocycles. The van der Waals surface area contributed by atoms with Crippen LogP contribution in [0.15, 0.2) is 24.3 Å².